The summed E-state index contributed by atoms with van der Waals surface area (Å²) in [6.07, 6.45) is -14.2. The van der Waals surface area contributed by atoms with Gasteiger partial charge >= 0.3 is 35.8 Å². The van der Waals surface area contributed by atoms with Crippen molar-refractivity contribution in [3.05, 3.63) is 0 Å². The van der Waals surface area contributed by atoms with Crippen LogP contribution in [0.5, 0.6) is 0 Å². The van der Waals surface area contributed by atoms with Crippen LogP contribution in [0.2, 0.25) is 0 Å². The van der Waals surface area contributed by atoms with Gasteiger partial charge in [0.15, 0.2) is 37.0 Å². The number of hydrogen-bond donors (Lipinski definition) is 2. The number of nitrogens with one attached hydrogen (secondary N) is 1. The molecule has 1 amide bonds. The molecule has 2 fully saturated rings. The highest BCUT2D eigenvalue weighted by molar-refractivity contribution is 5.73. The van der Waals surface area contributed by atoms with Crippen LogP contribution < -0.4 is 5.32 Å². The third kappa shape index (κ3) is 10.7. The van der Waals surface area contributed by atoms with E-state index < -0.39 is 116 Å². The molecule has 18 nitrogen and oxygen atoms in total. The lowest BCUT2D eigenvalue weighted by molar-refractivity contribution is -0.347. The maximum Gasteiger partial charge on any atom is 0.303 e. The molecule has 2 N–H and O–H groups in total. The van der Waals surface area contributed by atoms with Gasteiger partial charge in [0.1, 0.15) is 37.6 Å². The lowest BCUT2D eigenvalue weighted by Gasteiger charge is -2.48. The first-order chi connectivity index (χ1) is 20.5. The Morgan fingerprint density at radius 2 is 1.00 bits per heavy atom. The minimum absolute atomic E-state index is 0.559. The highest BCUT2D eigenvalue weighted by atomic mass is 16.8. The van der Waals surface area contributed by atoms with Crippen LogP contribution in [0.3, 0.4) is 0 Å². The zero-order valence-corrected chi connectivity index (χ0v) is 25.2. The summed E-state index contributed by atoms with van der Waals surface area (Å²) < 4.78 is 49.2. The van der Waals surface area contributed by atoms with E-state index in [0.29, 0.717) is 0 Å². The molecule has 0 aliphatic carbocycles. The standard InChI is InChI=1S/C26H37NO17/c1-10(28)27-19-22(39-14(5)32)20(17(42-25(19)35)8-36-11(2)29)44-26-24(41-16(7)34)23(40-15(6)33)21(38-13(4)31)18(43-26)9-37-12(3)30/h17-26,35H,8-9H2,1-7H3,(H,27,28)/t17?,18?,19-,20-,21+,22?,23?,24-,25-,26+/m1/s1. The molecule has 18 heteroatoms. The zero-order valence-electron chi connectivity index (χ0n) is 25.2. The number of aliphatic hydroxyl groups excluding tert-OH is 1. The Hall–Kier alpha value is -3.87. The first kappa shape index (κ1) is 36.3. The lowest BCUT2D eigenvalue weighted by Crippen LogP contribution is -2.68. The van der Waals surface area contributed by atoms with E-state index in [9.17, 15) is 38.7 Å². The average Bonchev–Trinajstić information content (AvgIpc) is 2.87. The van der Waals surface area contributed by atoms with Crippen molar-refractivity contribution in [2.45, 2.75) is 110 Å². The highest BCUT2D eigenvalue weighted by Crippen LogP contribution is 2.34. The monoisotopic (exact) mass is 635 g/mol. The van der Waals surface area contributed by atoms with Crippen molar-refractivity contribution >= 4 is 41.7 Å². The lowest BCUT2D eigenvalue weighted by atomic mass is 9.95. The second kappa shape index (κ2) is 16.3. The van der Waals surface area contributed by atoms with Gasteiger partial charge in [-0.2, -0.15) is 0 Å². The van der Waals surface area contributed by atoms with Crippen LogP contribution in [0.25, 0.3) is 0 Å². The normalized spacial score (nSPS) is 31.5. The number of amides is 1. The fourth-order valence-corrected chi connectivity index (χ4v) is 4.59. The van der Waals surface area contributed by atoms with Crippen molar-refractivity contribution in [1.29, 1.82) is 0 Å². The molecule has 0 bridgehead atoms. The van der Waals surface area contributed by atoms with Crippen LogP contribution in [-0.2, 0) is 76.2 Å². The van der Waals surface area contributed by atoms with Crippen LogP contribution in [-0.4, -0.2) is 121 Å². The van der Waals surface area contributed by atoms with Crippen LogP contribution in [0.1, 0.15) is 48.5 Å². The second-order valence-corrected chi connectivity index (χ2v) is 9.84. The summed E-state index contributed by atoms with van der Waals surface area (Å²) in [6.45, 7) is 6.33. The number of aliphatic hydroxyl groups is 1. The molecule has 2 heterocycles. The van der Waals surface area contributed by atoms with Gasteiger partial charge in [-0.1, -0.05) is 0 Å². The maximum atomic E-state index is 12.2. The summed E-state index contributed by atoms with van der Waals surface area (Å²) in [4.78, 5) is 83.6. The Morgan fingerprint density at radius 3 is 1.45 bits per heavy atom. The number of rotatable bonds is 11. The van der Waals surface area contributed by atoms with E-state index in [1.165, 1.54) is 0 Å². The molecular weight excluding hydrogens is 598 g/mol. The van der Waals surface area contributed by atoms with Gasteiger partial charge in [0, 0.05) is 48.5 Å². The molecule has 2 aliphatic rings. The minimum atomic E-state index is -1.79. The van der Waals surface area contributed by atoms with Crippen LogP contribution in [0.15, 0.2) is 0 Å². The molecule has 248 valence electrons. The van der Waals surface area contributed by atoms with Crippen molar-refractivity contribution < 1.29 is 81.3 Å². The SMILES string of the molecule is CC(=O)N[C@@H]1C(OC(C)=O)[C@H](O[C@@H]2OC(COC(C)=O)[C@H](OC(C)=O)C(OC(C)=O)[C@H]2OC(C)=O)C(COC(C)=O)O[C@H]1O. The summed E-state index contributed by atoms with van der Waals surface area (Å²) in [7, 11) is 0. The molecule has 0 aromatic carbocycles. The van der Waals surface area contributed by atoms with Crippen molar-refractivity contribution in [2.24, 2.45) is 0 Å². The summed E-state index contributed by atoms with van der Waals surface area (Å²) >= 11 is 0. The number of esters is 6. The van der Waals surface area contributed by atoms with Gasteiger partial charge in [0.2, 0.25) is 5.91 Å². The second-order valence-electron chi connectivity index (χ2n) is 9.84. The van der Waals surface area contributed by atoms with Gasteiger partial charge < -0.3 is 53.1 Å². The van der Waals surface area contributed by atoms with E-state index in [1.807, 2.05) is 0 Å². The molecule has 2 saturated heterocycles. The van der Waals surface area contributed by atoms with Gasteiger partial charge in [-0.25, -0.2) is 0 Å². The Bertz CT molecular complexity index is 1090. The quantitative estimate of drug-likeness (QED) is 0.188. The Kier molecular flexibility index (Phi) is 13.4. The van der Waals surface area contributed by atoms with Gasteiger partial charge in [0.05, 0.1) is 0 Å². The van der Waals surface area contributed by atoms with E-state index >= 15 is 0 Å². The van der Waals surface area contributed by atoms with Crippen molar-refractivity contribution in [2.75, 3.05) is 13.2 Å². The number of carbonyl (C=O) groups is 7. The molecule has 0 spiro atoms. The molecule has 0 aromatic rings. The summed E-state index contributed by atoms with van der Waals surface area (Å²) in [5, 5.41) is 13.1. The topological polar surface area (TPSA) is 235 Å². The molecule has 2 rings (SSSR count). The molecule has 0 aromatic heterocycles. The zero-order chi connectivity index (χ0) is 33.3. The van der Waals surface area contributed by atoms with Gasteiger partial charge in [0.25, 0.3) is 0 Å². The summed E-state index contributed by atoms with van der Waals surface area (Å²) in [6, 6.07) is -1.43. The summed E-state index contributed by atoms with van der Waals surface area (Å²) in [5.74, 6) is -5.68. The van der Waals surface area contributed by atoms with Crippen LogP contribution in [0, 0.1) is 0 Å². The first-order valence-electron chi connectivity index (χ1n) is 13.4. The van der Waals surface area contributed by atoms with E-state index in [-0.39, 0.29) is 0 Å². The number of carbonyl (C=O) groups excluding carboxylic acids is 7. The van der Waals surface area contributed by atoms with E-state index in [1.54, 1.807) is 0 Å². The van der Waals surface area contributed by atoms with Crippen LogP contribution >= 0.6 is 0 Å². The third-order valence-corrected chi connectivity index (χ3v) is 6.03. The van der Waals surface area contributed by atoms with Crippen molar-refractivity contribution in [3.63, 3.8) is 0 Å². The molecule has 0 saturated carbocycles. The minimum Gasteiger partial charge on any atom is -0.463 e. The van der Waals surface area contributed by atoms with Gasteiger partial charge in [-0.05, 0) is 0 Å². The smallest absolute Gasteiger partial charge is 0.303 e. The number of ether oxygens (including phenoxy) is 9. The fraction of sp³-hybridized carbons (Fsp3) is 0.731. The highest BCUT2D eigenvalue weighted by Gasteiger charge is 2.56. The first-order valence-corrected chi connectivity index (χ1v) is 13.4. The van der Waals surface area contributed by atoms with E-state index in [2.05, 4.69) is 5.32 Å². The Morgan fingerprint density at radius 1 is 0.568 bits per heavy atom. The Balaban J connectivity index is 2.66. The van der Waals surface area contributed by atoms with Crippen molar-refractivity contribution in [3.8, 4) is 0 Å². The van der Waals surface area contributed by atoms with Crippen LogP contribution in [0.4, 0.5) is 0 Å². The van der Waals surface area contributed by atoms with Gasteiger partial charge in [-0.15, -0.1) is 0 Å². The molecule has 0 radical (unpaired) electrons. The summed E-state index contributed by atoms with van der Waals surface area (Å²) in [5.41, 5.74) is 0. The average molecular weight is 636 g/mol. The third-order valence-electron chi connectivity index (χ3n) is 6.03. The molecule has 44 heavy (non-hydrogen) atoms. The molecule has 4 unspecified atom stereocenters. The predicted octanol–water partition coefficient (Wildman–Crippen LogP) is -1.83. The maximum absolute atomic E-state index is 12.2. The van der Waals surface area contributed by atoms with Gasteiger partial charge in [-0.3, -0.25) is 33.6 Å². The van der Waals surface area contributed by atoms with Crippen molar-refractivity contribution in [1.82, 2.24) is 5.32 Å². The largest absolute Gasteiger partial charge is 0.463 e. The van der Waals surface area contributed by atoms with E-state index in [4.69, 9.17) is 42.6 Å². The fourth-order valence-electron chi connectivity index (χ4n) is 4.59. The number of hydrogen-bond acceptors (Lipinski definition) is 17. The molecule has 2 aliphatic heterocycles. The molecular formula is C26H37NO17. The predicted molar refractivity (Wildman–Crippen MR) is 138 cm³/mol. The van der Waals surface area contributed by atoms with E-state index in [0.717, 1.165) is 48.5 Å². The molecule has 10 atom stereocenters. The Labute approximate surface area is 251 Å².